The highest BCUT2D eigenvalue weighted by Crippen LogP contribution is 2.37. The Kier molecular flexibility index (Phi) is 4.81. The van der Waals surface area contributed by atoms with Crippen LogP contribution in [0.2, 0.25) is 0 Å². The zero-order chi connectivity index (χ0) is 19.7. The number of fused-ring (bicyclic) bond motifs is 2. The molecule has 0 radical (unpaired) electrons. The van der Waals surface area contributed by atoms with Crippen LogP contribution in [0.5, 0.6) is 17.2 Å². The molecule has 0 unspecified atom stereocenters. The molecule has 4 rings (SSSR count). The minimum absolute atomic E-state index is 0.109. The zero-order valence-electron chi connectivity index (χ0n) is 15.9. The highest BCUT2D eigenvalue weighted by atomic mass is 16.7. The first-order valence-electron chi connectivity index (χ1n) is 9.21. The molecule has 0 fully saturated rings. The summed E-state index contributed by atoms with van der Waals surface area (Å²) in [4.78, 5) is 26.8. The van der Waals surface area contributed by atoms with Crippen molar-refractivity contribution < 1.29 is 23.8 Å². The van der Waals surface area contributed by atoms with Crippen molar-refractivity contribution in [2.75, 3.05) is 37.2 Å². The lowest BCUT2D eigenvalue weighted by Crippen LogP contribution is -2.37. The molecule has 0 spiro atoms. The molecule has 0 aromatic heterocycles. The number of amides is 1. The SMILES string of the molecule is COc1ccc2c(c1)CCCN2CC(=O)Nc1cc2c(cc1C(C)=O)OCO2. The van der Waals surface area contributed by atoms with Gasteiger partial charge in [-0.25, -0.2) is 0 Å². The van der Waals surface area contributed by atoms with Crippen LogP contribution in [-0.4, -0.2) is 38.7 Å². The van der Waals surface area contributed by atoms with Crippen molar-refractivity contribution in [2.45, 2.75) is 19.8 Å². The van der Waals surface area contributed by atoms with Gasteiger partial charge in [-0.15, -0.1) is 0 Å². The van der Waals surface area contributed by atoms with Crippen LogP contribution in [0.1, 0.15) is 29.3 Å². The third kappa shape index (κ3) is 3.47. The molecule has 28 heavy (non-hydrogen) atoms. The van der Waals surface area contributed by atoms with Gasteiger partial charge in [0.25, 0.3) is 0 Å². The lowest BCUT2D eigenvalue weighted by molar-refractivity contribution is -0.115. The summed E-state index contributed by atoms with van der Waals surface area (Å²) in [5.74, 6) is 1.52. The fourth-order valence-corrected chi connectivity index (χ4v) is 3.64. The Morgan fingerprint density at radius 3 is 2.71 bits per heavy atom. The average molecular weight is 382 g/mol. The number of carbonyl (C=O) groups is 2. The molecular formula is C21H22N2O5. The van der Waals surface area contributed by atoms with Gasteiger partial charge < -0.3 is 24.4 Å². The number of carbonyl (C=O) groups excluding carboxylic acids is 2. The van der Waals surface area contributed by atoms with Gasteiger partial charge in [-0.3, -0.25) is 9.59 Å². The third-order valence-electron chi connectivity index (χ3n) is 5.00. The summed E-state index contributed by atoms with van der Waals surface area (Å²) in [5, 5.41) is 2.86. The molecule has 7 nitrogen and oxygen atoms in total. The molecule has 2 aliphatic rings. The van der Waals surface area contributed by atoms with E-state index < -0.39 is 0 Å². The Bertz CT molecular complexity index is 941. The molecular weight excluding hydrogens is 360 g/mol. The lowest BCUT2D eigenvalue weighted by atomic mass is 10.0. The van der Waals surface area contributed by atoms with Gasteiger partial charge in [-0.2, -0.15) is 0 Å². The summed E-state index contributed by atoms with van der Waals surface area (Å²) in [5.41, 5.74) is 3.06. The number of aryl methyl sites for hydroxylation is 1. The maximum Gasteiger partial charge on any atom is 0.243 e. The molecule has 2 aromatic carbocycles. The molecule has 7 heteroatoms. The Morgan fingerprint density at radius 1 is 1.18 bits per heavy atom. The van der Waals surface area contributed by atoms with Crippen molar-refractivity contribution in [1.29, 1.82) is 0 Å². The maximum absolute atomic E-state index is 12.7. The van der Waals surface area contributed by atoms with Crippen molar-refractivity contribution in [3.05, 3.63) is 41.5 Å². The van der Waals surface area contributed by atoms with E-state index >= 15 is 0 Å². The van der Waals surface area contributed by atoms with Gasteiger partial charge in [0.15, 0.2) is 17.3 Å². The van der Waals surface area contributed by atoms with Crippen molar-refractivity contribution in [3.8, 4) is 17.2 Å². The lowest BCUT2D eigenvalue weighted by Gasteiger charge is -2.31. The van der Waals surface area contributed by atoms with Gasteiger partial charge in [0.2, 0.25) is 12.7 Å². The van der Waals surface area contributed by atoms with Crippen LogP contribution in [0.3, 0.4) is 0 Å². The number of methoxy groups -OCH3 is 1. The Labute approximate surface area is 163 Å². The predicted molar refractivity (Wildman–Crippen MR) is 105 cm³/mol. The molecule has 2 heterocycles. The predicted octanol–water partition coefficient (Wildman–Crippen LogP) is 3.02. The van der Waals surface area contributed by atoms with Crippen LogP contribution in [0.15, 0.2) is 30.3 Å². The largest absolute Gasteiger partial charge is 0.497 e. The number of anilines is 2. The highest BCUT2D eigenvalue weighted by Gasteiger charge is 2.23. The number of Topliss-reactive ketones (excluding diaryl/α,β-unsaturated/α-hetero) is 1. The van der Waals surface area contributed by atoms with Crippen LogP contribution in [0.4, 0.5) is 11.4 Å². The molecule has 1 amide bonds. The number of benzene rings is 2. The number of hydrogen-bond donors (Lipinski definition) is 1. The summed E-state index contributed by atoms with van der Waals surface area (Å²) in [7, 11) is 1.65. The number of ether oxygens (including phenoxy) is 3. The summed E-state index contributed by atoms with van der Waals surface area (Å²) < 4.78 is 16.0. The van der Waals surface area contributed by atoms with Gasteiger partial charge >= 0.3 is 0 Å². The average Bonchev–Trinajstić information content (AvgIpc) is 3.14. The molecule has 2 aromatic rings. The molecule has 0 aliphatic carbocycles. The number of ketones is 1. The van der Waals surface area contributed by atoms with Gasteiger partial charge in [0.1, 0.15) is 5.75 Å². The summed E-state index contributed by atoms with van der Waals surface area (Å²) >= 11 is 0. The second kappa shape index (κ2) is 7.42. The van der Waals surface area contributed by atoms with Gasteiger partial charge in [0, 0.05) is 23.9 Å². The van der Waals surface area contributed by atoms with E-state index in [0.29, 0.717) is 22.7 Å². The first kappa shape index (κ1) is 18.2. The van der Waals surface area contributed by atoms with Crippen LogP contribution in [-0.2, 0) is 11.2 Å². The van der Waals surface area contributed by atoms with Gasteiger partial charge in [-0.1, -0.05) is 0 Å². The molecule has 0 atom stereocenters. The van der Waals surface area contributed by atoms with Gasteiger partial charge in [-0.05, 0) is 49.6 Å². The van der Waals surface area contributed by atoms with Crippen LogP contribution < -0.4 is 24.4 Å². The Hall–Kier alpha value is -3.22. The van der Waals surface area contributed by atoms with E-state index in [4.69, 9.17) is 14.2 Å². The first-order chi connectivity index (χ1) is 13.5. The van der Waals surface area contributed by atoms with E-state index in [2.05, 4.69) is 5.32 Å². The van der Waals surface area contributed by atoms with Crippen molar-refractivity contribution >= 4 is 23.1 Å². The molecule has 0 bridgehead atoms. The highest BCUT2D eigenvalue weighted by molar-refractivity contribution is 6.05. The van der Waals surface area contributed by atoms with Crippen molar-refractivity contribution in [2.24, 2.45) is 0 Å². The van der Waals surface area contributed by atoms with E-state index in [9.17, 15) is 9.59 Å². The van der Waals surface area contributed by atoms with Crippen molar-refractivity contribution in [1.82, 2.24) is 0 Å². The summed E-state index contributed by atoms with van der Waals surface area (Å²) in [6.07, 6.45) is 1.93. The summed E-state index contributed by atoms with van der Waals surface area (Å²) in [6, 6.07) is 9.17. The zero-order valence-corrected chi connectivity index (χ0v) is 15.9. The van der Waals surface area contributed by atoms with E-state index in [0.717, 1.165) is 30.8 Å². The monoisotopic (exact) mass is 382 g/mol. The van der Waals surface area contributed by atoms with Crippen molar-refractivity contribution in [3.63, 3.8) is 0 Å². The van der Waals surface area contributed by atoms with E-state index in [1.807, 2.05) is 23.1 Å². The smallest absolute Gasteiger partial charge is 0.243 e. The van der Waals surface area contributed by atoms with Crippen LogP contribution in [0.25, 0.3) is 0 Å². The topological polar surface area (TPSA) is 77.1 Å². The van der Waals surface area contributed by atoms with E-state index in [1.54, 1.807) is 19.2 Å². The number of nitrogens with one attached hydrogen (secondary N) is 1. The molecule has 0 saturated carbocycles. The molecule has 146 valence electrons. The number of rotatable bonds is 5. The second-order valence-electron chi connectivity index (χ2n) is 6.88. The quantitative estimate of drug-likeness (QED) is 0.801. The molecule has 1 N–H and O–H groups in total. The van der Waals surface area contributed by atoms with E-state index in [-0.39, 0.29) is 25.0 Å². The number of hydrogen-bond acceptors (Lipinski definition) is 6. The normalized spacial score (nSPS) is 14.4. The molecule has 2 aliphatic heterocycles. The molecule has 0 saturated heterocycles. The maximum atomic E-state index is 12.7. The third-order valence-corrected chi connectivity index (χ3v) is 5.00. The van der Waals surface area contributed by atoms with Gasteiger partial charge in [0.05, 0.1) is 19.3 Å². The first-order valence-corrected chi connectivity index (χ1v) is 9.21. The summed E-state index contributed by atoms with van der Waals surface area (Å²) in [6.45, 7) is 2.57. The van der Waals surface area contributed by atoms with E-state index in [1.165, 1.54) is 12.5 Å². The standard InChI is InChI=1S/C21H22N2O5/c1-13(24)16-9-19-20(28-12-27-19)10-17(16)22-21(25)11-23-7-3-4-14-8-15(26-2)5-6-18(14)23/h5-6,8-10H,3-4,7,11-12H2,1-2H3,(H,22,25). The minimum atomic E-state index is -0.190. The fraction of sp³-hybridized carbons (Fsp3) is 0.333. The Balaban J connectivity index is 1.53. The van der Waals surface area contributed by atoms with Crippen LogP contribution >= 0.6 is 0 Å². The Morgan fingerprint density at radius 2 is 1.96 bits per heavy atom. The van der Waals surface area contributed by atoms with Crippen LogP contribution in [0, 0.1) is 0 Å². The fourth-order valence-electron chi connectivity index (χ4n) is 3.64. The number of nitrogens with zero attached hydrogens (tertiary/aromatic N) is 1. The minimum Gasteiger partial charge on any atom is -0.497 e. The second-order valence-corrected chi connectivity index (χ2v) is 6.88.